The molecule has 140 valence electrons. The van der Waals surface area contributed by atoms with Gasteiger partial charge < -0.3 is 4.57 Å². The van der Waals surface area contributed by atoms with Gasteiger partial charge >= 0.3 is 0 Å². The Bertz CT molecular complexity index is 1250. The molecular formula is C23H22N4S. The first-order valence-corrected chi connectivity index (χ1v) is 10.5. The van der Waals surface area contributed by atoms with E-state index >= 15 is 0 Å². The molecule has 4 aromatic rings. The number of thioether (sulfide) groups is 1. The van der Waals surface area contributed by atoms with E-state index < -0.39 is 0 Å². The molecule has 4 nitrogen and oxygen atoms in total. The van der Waals surface area contributed by atoms with Crippen LogP contribution in [0.25, 0.3) is 27.6 Å². The number of aromatic nitrogens is 4. The average molecular weight is 387 g/mol. The number of allylic oxidation sites excluding steroid dienone is 2. The zero-order valence-electron chi connectivity index (χ0n) is 16.5. The summed E-state index contributed by atoms with van der Waals surface area (Å²) in [4.78, 5) is 4.95. The van der Waals surface area contributed by atoms with Crippen LogP contribution < -0.4 is 0 Å². The van der Waals surface area contributed by atoms with E-state index in [-0.39, 0.29) is 5.54 Å². The fraction of sp³-hybridized carbons (Fsp3) is 0.261. The number of hydrogen-bond acceptors (Lipinski definition) is 4. The van der Waals surface area contributed by atoms with Crippen LogP contribution in [0.15, 0.2) is 53.7 Å². The van der Waals surface area contributed by atoms with Crippen molar-refractivity contribution < 1.29 is 0 Å². The minimum absolute atomic E-state index is 0.163. The van der Waals surface area contributed by atoms with E-state index in [4.69, 9.17) is 4.98 Å². The number of nitrogens with zero attached hydrogens (tertiary/aromatic N) is 4. The number of benzene rings is 2. The molecule has 0 unspecified atom stereocenters. The molecule has 0 saturated carbocycles. The molecule has 2 aromatic carbocycles. The van der Waals surface area contributed by atoms with Crippen molar-refractivity contribution in [3.63, 3.8) is 0 Å². The summed E-state index contributed by atoms with van der Waals surface area (Å²) in [5.41, 5.74) is 7.93. The number of fused-ring (bicyclic) bond motifs is 3. The Morgan fingerprint density at radius 1 is 1.04 bits per heavy atom. The monoisotopic (exact) mass is 386 g/mol. The van der Waals surface area contributed by atoms with E-state index in [1.54, 1.807) is 11.8 Å². The van der Waals surface area contributed by atoms with E-state index in [1.807, 2.05) is 6.07 Å². The first kappa shape index (κ1) is 17.4. The van der Waals surface area contributed by atoms with Crippen LogP contribution in [0.5, 0.6) is 0 Å². The van der Waals surface area contributed by atoms with Crippen molar-refractivity contribution in [1.29, 1.82) is 0 Å². The second kappa shape index (κ2) is 6.17. The van der Waals surface area contributed by atoms with Gasteiger partial charge in [-0.15, -0.1) is 10.2 Å². The lowest BCUT2D eigenvalue weighted by Gasteiger charge is -2.31. The van der Waals surface area contributed by atoms with Crippen LogP contribution in [0.3, 0.4) is 0 Å². The van der Waals surface area contributed by atoms with Gasteiger partial charge in [-0.1, -0.05) is 48.2 Å². The highest BCUT2D eigenvalue weighted by molar-refractivity contribution is 7.98. The fourth-order valence-corrected chi connectivity index (χ4v) is 4.99. The topological polar surface area (TPSA) is 43.6 Å². The molecule has 3 heterocycles. The highest BCUT2D eigenvalue weighted by Gasteiger charge is 2.31. The molecule has 0 aliphatic carbocycles. The maximum Gasteiger partial charge on any atom is 0.211 e. The Kier molecular flexibility index (Phi) is 3.85. The van der Waals surface area contributed by atoms with E-state index in [1.165, 1.54) is 27.8 Å². The third-order valence-corrected chi connectivity index (χ3v) is 6.28. The van der Waals surface area contributed by atoms with Crippen LogP contribution in [0.4, 0.5) is 0 Å². The molecule has 0 spiro atoms. The molecule has 1 aliphatic heterocycles. The third-order valence-electron chi connectivity index (χ3n) is 5.38. The molecule has 5 rings (SSSR count). The molecule has 0 saturated heterocycles. The number of aryl methyl sites for hydroxylation is 1. The van der Waals surface area contributed by atoms with Crippen LogP contribution in [-0.2, 0) is 11.3 Å². The summed E-state index contributed by atoms with van der Waals surface area (Å²) >= 11 is 1.63. The second-order valence-corrected chi connectivity index (χ2v) is 9.01. The minimum Gasteiger partial charge on any atom is -0.314 e. The van der Waals surface area contributed by atoms with Crippen LogP contribution >= 0.6 is 11.8 Å². The van der Waals surface area contributed by atoms with Crippen LogP contribution in [0.1, 0.15) is 37.5 Å². The molecule has 0 amide bonds. The molecule has 28 heavy (non-hydrogen) atoms. The van der Waals surface area contributed by atoms with Crippen molar-refractivity contribution in [2.45, 2.75) is 44.1 Å². The van der Waals surface area contributed by atoms with Crippen LogP contribution in [0, 0.1) is 6.92 Å². The quantitative estimate of drug-likeness (QED) is 0.422. The van der Waals surface area contributed by atoms with E-state index in [2.05, 4.69) is 84.9 Å². The molecular weight excluding hydrogens is 364 g/mol. The Hall–Kier alpha value is -2.66. The van der Waals surface area contributed by atoms with Crippen molar-refractivity contribution in [1.82, 2.24) is 19.7 Å². The smallest absolute Gasteiger partial charge is 0.211 e. The van der Waals surface area contributed by atoms with Gasteiger partial charge in [-0.3, -0.25) is 0 Å². The van der Waals surface area contributed by atoms with Crippen molar-refractivity contribution in [2.75, 3.05) is 0 Å². The molecule has 2 aromatic heterocycles. The third kappa shape index (κ3) is 2.65. The molecule has 0 N–H and O–H groups in total. The van der Waals surface area contributed by atoms with Crippen molar-refractivity contribution >= 4 is 39.4 Å². The van der Waals surface area contributed by atoms with Crippen LogP contribution in [0.2, 0.25) is 0 Å². The maximum absolute atomic E-state index is 4.95. The Balaban J connectivity index is 1.69. The summed E-state index contributed by atoms with van der Waals surface area (Å²) in [5, 5.41) is 10.9. The van der Waals surface area contributed by atoms with E-state index in [0.29, 0.717) is 0 Å². The minimum atomic E-state index is -0.163. The van der Waals surface area contributed by atoms with Gasteiger partial charge in [0.2, 0.25) is 5.16 Å². The predicted molar refractivity (Wildman–Crippen MR) is 117 cm³/mol. The molecule has 0 radical (unpaired) electrons. The summed E-state index contributed by atoms with van der Waals surface area (Å²) < 4.78 is 2.33. The first-order valence-electron chi connectivity index (χ1n) is 9.50. The second-order valence-electron chi connectivity index (χ2n) is 8.07. The lowest BCUT2D eigenvalue weighted by Crippen LogP contribution is -2.27. The summed E-state index contributed by atoms with van der Waals surface area (Å²) in [6.45, 7) is 8.79. The molecule has 5 heteroatoms. The Labute approximate surface area is 168 Å². The highest BCUT2D eigenvalue weighted by atomic mass is 32.2. The van der Waals surface area contributed by atoms with Crippen molar-refractivity contribution in [3.05, 3.63) is 65.2 Å². The normalized spacial score (nSPS) is 15.2. The van der Waals surface area contributed by atoms with Crippen molar-refractivity contribution in [3.8, 4) is 0 Å². The average Bonchev–Trinajstić information content (AvgIpc) is 3.00. The lowest BCUT2D eigenvalue weighted by atomic mass is 9.91. The Morgan fingerprint density at radius 2 is 1.82 bits per heavy atom. The Morgan fingerprint density at radius 3 is 2.61 bits per heavy atom. The summed E-state index contributed by atoms with van der Waals surface area (Å²) in [5.74, 6) is 0.834. The molecule has 0 atom stereocenters. The largest absolute Gasteiger partial charge is 0.314 e. The lowest BCUT2D eigenvalue weighted by molar-refractivity contribution is 0.477. The van der Waals surface area contributed by atoms with Crippen molar-refractivity contribution in [2.24, 2.45) is 0 Å². The number of rotatable bonds is 3. The maximum atomic E-state index is 4.95. The van der Waals surface area contributed by atoms with Gasteiger partial charge in [-0.05, 0) is 56.5 Å². The fourth-order valence-electron chi connectivity index (χ4n) is 4.26. The van der Waals surface area contributed by atoms with Crippen LogP contribution in [-0.4, -0.2) is 19.7 Å². The number of hydrogen-bond donors (Lipinski definition) is 0. The zero-order valence-corrected chi connectivity index (χ0v) is 17.3. The summed E-state index contributed by atoms with van der Waals surface area (Å²) in [6, 6.07) is 14.9. The molecule has 0 bridgehead atoms. The van der Waals surface area contributed by atoms with Gasteiger partial charge in [0, 0.05) is 16.7 Å². The molecule has 0 fully saturated rings. The van der Waals surface area contributed by atoms with Gasteiger partial charge in [0.15, 0.2) is 5.65 Å². The first-order chi connectivity index (χ1) is 13.4. The van der Waals surface area contributed by atoms with E-state index in [9.17, 15) is 0 Å². The van der Waals surface area contributed by atoms with Gasteiger partial charge in [0.25, 0.3) is 0 Å². The SMILES string of the molecule is CC1=CC(C)(C)n2c3nc(SCc4ccccc4)nnc3c3cc(C)cc1c32. The van der Waals surface area contributed by atoms with Gasteiger partial charge in [-0.25, -0.2) is 4.98 Å². The van der Waals surface area contributed by atoms with Gasteiger partial charge in [0.05, 0.1) is 11.1 Å². The zero-order chi connectivity index (χ0) is 19.5. The summed E-state index contributed by atoms with van der Waals surface area (Å²) in [6.07, 6.45) is 2.33. The standard InChI is InChI=1S/C23H22N4S/c1-14-10-17-15(2)12-23(3,4)27-20(17)18(11-14)19-21(27)24-22(26-25-19)28-13-16-8-6-5-7-9-16/h5-12H,13H2,1-4H3. The highest BCUT2D eigenvalue weighted by Crippen LogP contribution is 2.42. The van der Waals surface area contributed by atoms with Gasteiger partial charge in [0.1, 0.15) is 5.52 Å². The predicted octanol–water partition coefficient (Wildman–Crippen LogP) is 5.73. The van der Waals surface area contributed by atoms with Gasteiger partial charge in [-0.2, -0.15) is 0 Å². The molecule has 1 aliphatic rings. The summed E-state index contributed by atoms with van der Waals surface area (Å²) in [7, 11) is 0. The van der Waals surface area contributed by atoms with E-state index in [0.717, 1.165) is 27.5 Å².